The number of ketones is 1. The maximum atomic E-state index is 10.9. The van der Waals surface area contributed by atoms with E-state index in [4.69, 9.17) is 11.6 Å². The summed E-state index contributed by atoms with van der Waals surface area (Å²) in [5.74, 6) is 0.0202. The molecule has 0 aliphatic carbocycles. The van der Waals surface area contributed by atoms with E-state index < -0.39 is 0 Å². The Bertz CT molecular complexity index is 296. The standard InChI is InChI=1S/C8H8ClNO/c1-5-7(6(2)11)3-4-10-8(5)9/h3-4H,1-2H3. The van der Waals surface area contributed by atoms with Crippen LogP contribution < -0.4 is 0 Å². The molecule has 2 nitrogen and oxygen atoms in total. The van der Waals surface area contributed by atoms with Crippen LogP contribution in [0.1, 0.15) is 22.8 Å². The molecule has 0 bridgehead atoms. The van der Waals surface area contributed by atoms with Crippen LogP contribution in [0, 0.1) is 6.92 Å². The van der Waals surface area contributed by atoms with E-state index in [1.165, 1.54) is 13.1 Å². The summed E-state index contributed by atoms with van der Waals surface area (Å²) >= 11 is 5.69. The summed E-state index contributed by atoms with van der Waals surface area (Å²) in [5, 5.41) is 0.401. The van der Waals surface area contributed by atoms with Gasteiger partial charge in [0.05, 0.1) is 0 Å². The lowest BCUT2D eigenvalue weighted by atomic mass is 10.1. The molecule has 0 aliphatic heterocycles. The van der Waals surface area contributed by atoms with E-state index >= 15 is 0 Å². The summed E-state index contributed by atoms with van der Waals surface area (Å²) in [4.78, 5) is 14.8. The van der Waals surface area contributed by atoms with Crippen LogP contribution in [-0.4, -0.2) is 10.8 Å². The molecule has 0 fully saturated rings. The Kier molecular flexibility index (Phi) is 2.25. The number of aromatic nitrogens is 1. The maximum Gasteiger partial charge on any atom is 0.160 e. The van der Waals surface area contributed by atoms with Crippen molar-refractivity contribution in [2.24, 2.45) is 0 Å². The summed E-state index contributed by atoms with van der Waals surface area (Å²) in [5.41, 5.74) is 1.40. The number of hydrogen-bond donors (Lipinski definition) is 0. The molecule has 0 aliphatic rings. The van der Waals surface area contributed by atoms with Crippen molar-refractivity contribution < 1.29 is 4.79 Å². The smallest absolute Gasteiger partial charge is 0.160 e. The Morgan fingerprint density at radius 2 is 2.27 bits per heavy atom. The molecule has 0 unspecified atom stereocenters. The van der Waals surface area contributed by atoms with E-state index in [2.05, 4.69) is 4.98 Å². The van der Waals surface area contributed by atoms with Crippen molar-refractivity contribution in [1.29, 1.82) is 0 Å². The van der Waals surface area contributed by atoms with Crippen LogP contribution in [0.3, 0.4) is 0 Å². The van der Waals surface area contributed by atoms with Gasteiger partial charge in [0.25, 0.3) is 0 Å². The number of hydrogen-bond acceptors (Lipinski definition) is 2. The van der Waals surface area contributed by atoms with Crippen molar-refractivity contribution in [3.05, 3.63) is 28.5 Å². The predicted molar refractivity (Wildman–Crippen MR) is 44.0 cm³/mol. The molecule has 0 N–H and O–H groups in total. The minimum atomic E-state index is 0.0202. The highest BCUT2D eigenvalue weighted by atomic mass is 35.5. The van der Waals surface area contributed by atoms with E-state index in [9.17, 15) is 4.79 Å². The van der Waals surface area contributed by atoms with E-state index in [1.807, 2.05) is 0 Å². The van der Waals surface area contributed by atoms with Crippen molar-refractivity contribution in [2.45, 2.75) is 13.8 Å². The van der Waals surface area contributed by atoms with E-state index in [0.717, 1.165) is 5.56 Å². The third-order valence-electron chi connectivity index (χ3n) is 1.52. The fraction of sp³-hybridized carbons (Fsp3) is 0.250. The number of nitrogens with zero attached hydrogens (tertiary/aromatic N) is 1. The van der Waals surface area contributed by atoms with Gasteiger partial charge in [0, 0.05) is 11.8 Å². The van der Waals surface area contributed by atoms with Crippen LogP contribution in [-0.2, 0) is 0 Å². The lowest BCUT2D eigenvalue weighted by Gasteiger charge is -2.00. The van der Waals surface area contributed by atoms with E-state index in [0.29, 0.717) is 10.7 Å². The van der Waals surface area contributed by atoms with Gasteiger partial charge in [-0.1, -0.05) is 11.6 Å². The topological polar surface area (TPSA) is 30.0 Å². The predicted octanol–water partition coefficient (Wildman–Crippen LogP) is 2.25. The number of Topliss-reactive ketones (excluding diaryl/α,β-unsaturated/α-hetero) is 1. The average molecular weight is 170 g/mol. The second-order valence-electron chi connectivity index (χ2n) is 2.33. The first-order chi connectivity index (χ1) is 5.13. The summed E-state index contributed by atoms with van der Waals surface area (Å²) < 4.78 is 0. The first kappa shape index (κ1) is 8.21. The number of carbonyl (C=O) groups excluding carboxylic acids is 1. The third-order valence-corrected chi connectivity index (χ3v) is 1.90. The van der Waals surface area contributed by atoms with Crippen molar-refractivity contribution in [2.75, 3.05) is 0 Å². The van der Waals surface area contributed by atoms with Gasteiger partial charge in [0.1, 0.15) is 5.15 Å². The molecule has 0 radical (unpaired) electrons. The number of rotatable bonds is 1. The zero-order valence-electron chi connectivity index (χ0n) is 6.39. The second kappa shape index (κ2) is 3.01. The highest BCUT2D eigenvalue weighted by Crippen LogP contribution is 2.15. The lowest BCUT2D eigenvalue weighted by Crippen LogP contribution is -1.97. The molecule has 0 atom stereocenters. The van der Waals surface area contributed by atoms with Crippen LogP contribution in [0.25, 0.3) is 0 Å². The molecular weight excluding hydrogens is 162 g/mol. The molecule has 1 rings (SSSR count). The maximum absolute atomic E-state index is 10.9. The molecular formula is C8H8ClNO. The molecule has 0 saturated heterocycles. The van der Waals surface area contributed by atoms with Gasteiger partial charge in [-0.05, 0) is 25.5 Å². The Morgan fingerprint density at radius 1 is 1.64 bits per heavy atom. The summed E-state index contributed by atoms with van der Waals surface area (Å²) in [6.07, 6.45) is 1.53. The number of halogens is 1. The molecule has 0 amide bonds. The first-order valence-corrected chi connectivity index (χ1v) is 3.62. The Labute approximate surface area is 70.2 Å². The first-order valence-electron chi connectivity index (χ1n) is 3.25. The van der Waals surface area contributed by atoms with Crippen molar-refractivity contribution in [3.63, 3.8) is 0 Å². The van der Waals surface area contributed by atoms with Gasteiger partial charge in [-0.2, -0.15) is 0 Å². The molecule has 3 heteroatoms. The largest absolute Gasteiger partial charge is 0.294 e. The van der Waals surface area contributed by atoms with Crippen LogP contribution in [0.4, 0.5) is 0 Å². The van der Waals surface area contributed by atoms with Crippen LogP contribution in [0.2, 0.25) is 5.15 Å². The van der Waals surface area contributed by atoms with Crippen LogP contribution >= 0.6 is 11.6 Å². The Balaban J connectivity index is 3.27. The number of carbonyl (C=O) groups is 1. The fourth-order valence-electron chi connectivity index (χ4n) is 0.892. The highest BCUT2D eigenvalue weighted by Gasteiger charge is 2.05. The molecule has 11 heavy (non-hydrogen) atoms. The molecule has 1 aromatic heterocycles. The van der Waals surface area contributed by atoms with Gasteiger partial charge in [-0.15, -0.1) is 0 Å². The average Bonchev–Trinajstić information content (AvgIpc) is 1.94. The van der Waals surface area contributed by atoms with Gasteiger partial charge in [-0.3, -0.25) is 4.79 Å². The SMILES string of the molecule is CC(=O)c1ccnc(Cl)c1C. The quantitative estimate of drug-likeness (QED) is 0.477. The van der Waals surface area contributed by atoms with Crippen LogP contribution in [0.5, 0.6) is 0 Å². The molecule has 1 heterocycles. The molecule has 0 spiro atoms. The summed E-state index contributed by atoms with van der Waals surface area (Å²) in [6.45, 7) is 3.30. The summed E-state index contributed by atoms with van der Waals surface area (Å²) in [7, 11) is 0. The van der Waals surface area contributed by atoms with Gasteiger partial charge in [0.2, 0.25) is 0 Å². The second-order valence-corrected chi connectivity index (χ2v) is 2.69. The van der Waals surface area contributed by atoms with Crippen LogP contribution in [0.15, 0.2) is 12.3 Å². The Morgan fingerprint density at radius 3 is 2.73 bits per heavy atom. The van der Waals surface area contributed by atoms with E-state index in [1.54, 1.807) is 13.0 Å². The fourth-order valence-corrected chi connectivity index (χ4v) is 1.05. The van der Waals surface area contributed by atoms with Gasteiger partial charge >= 0.3 is 0 Å². The van der Waals surface area contributed by atoms with Gasteiger partial charge < -0.3 is 0 Å². The van der Waals surface area contributed by atoms with Gasteiger partial charge in [-0.25, -0.2) is 4.98 Å². The normalized spacial score (nSPS) is 9.73. The van der Waals surface area contributed by atoms with E-state index in [-0.39, 0.29) is 5.78 Å². The van der Waals surface area contributed by atoms with Crippen molar-refractivity contribution in [3.8, 4) is 0 Å². The monoisotopic (exact) mass is 169 g/mol. The minimum absolute atomic E-state index is 0.0202. The minimum Gasteiger partial charge on any atom is -0.294 e. The number of pyridine rings is 1. The van der Waals surface area contributed by atoms with Gasteiger partial charge in [0.15, 0.2) is 5.78 Å². The molecule has 1 aromatic rings. The summed E-state index contributed by atoms with van der Waals surface area (Å²) in [6, 6.07) is 1.67. The zero-order valence-corrected chi connectivity index (χ0v) is 7.14. The highest BCUT2D eigenvalue weighted by molar-refractivity contribution is 6.30. The lowest BCUT2D eigenvalue weighted by molar-refractivity contribution is 0.101. The zero-order chi connectivity index (χ0) is 8.43. The molecule has 0 aromatic carbocycles. The van der Waals surface area contributed by atoms with Crippen molar-refractivity contribution in [1.82, 2.24) is 4.98 Å². The Hall–Kier alpha value is -0.890. The molecule has 0 saturated carbocycles. The van der Waals surface area contributed by atoms with Crippen molar-refractivity contribution >= 4 is 17.4 Å². The third kappa shape index (κ3) is 1.57. The molecule has 58 valence electrons.